The van der Waals surface area contributed by atoms with Crippen molar-refractivity contribution < 1.29 is 14.6 Å². The van der Waals surface area contributed by atoms with Crippen LogP contribution < -0.4 is 0 Å². The fourth-order valence-electron chi connectivity index (χ4n) is 1.86. The Balaban J connectivity index is 3.61. The lowest BCUT2D eigenvalue weighted by molar-refractivity contribution is -0.0532. The summed E-state index contributed by atoms with van der Waals surface area (Å²) in [6.07, 6.45) is -1.54. The van der Waals surface area contributed by atoms with Crippen LogP contribution in [0.1, 0.15) is 20.8 Å². The monoisotopic (exact) mass is 366 g/mol. The molecule has 1 N–H and O–H groups in total. The SMILES string of the molecule is CC(C)(C)C1(OC(=O)O)C(Cl)=C(Cl)C(Cl)=C(Cl)C1Cl. The molecule has 0 bridgehead atoms. The van der Waals surface area contributed by atoms with Gasteiger partial charge in [0.1, 0.15) is 5.38 Å². The van der Waals surface area contributed by atoms with Crippen LogP contribution in [0.15, 0.2) is 20.1 Å². The van der Waals surface area contributed by atoms with Gasteiger partial charge >= 0.3 is 6.16 Å². The average Bonchev–Trinajstić information content (AvgIpc) is 2.27. The third-order valence-electron chi connectivity index (χ3n) is 2.86. The second kappa shape index (κ2) is 5.53. The van der Waals surface area contributed by atoms with E-state index >= 15 is 0 Å². The van der Waals surface area contributed by atoms with Crippen molar-refractivity contribution in [1.82, 2.24) is 0 Å². The van der Waals surface area contributed by atoms with Crippen molar-refractivity contribution in [3.05, 3.63) is 20.1 Å². The number of rotatable bonds is 1. The highest BCUT2D eigenvalue weighted by Crippen LogP contribution is 2.55. The molecule has 19 heavy (non-hydrogen) atoms. The van der Waals surface area contributed by atoms with Crippen LogP contribution in [-0.2, 0) is 4.74 Å². The van der Waals surface area contributed by atoms with E-state index in [9.17, 15) is 4.79 Å². The molecule has 0 spiro atoms. The minimum Gasteiger partial charge on any atom is -0.450 e. The molecule has 0 aliphatic heterocycles. The van der Waals surface area contributed by atoms with Crippen LogP contribution in [0.3, 0.4) is 0 Å². The molecular weight excluding hydrogens is 357 g/mol. The van der Waals surface area contributed by atoms with Gasteiger partial charge in [0.25, 0.3) is 0 Å². The van der Waals surface area contributed by atoms with Gasteiger partial charge in [0.2, 0.25) is 0 Å². The Labute approximate surface area is 136 Å². The molecule has 2 unspecified atom stereocenters. The summed E-state index contributed by atoms with van der Waals surface area (Å²) in [5.74, 6) is 0. The average molecular weight is 368 g/mol. The first-order valence-electron chi connectivity index (χ1n) is 5.14. The number of allylic oxidation sites excluding steroid dienone is 2. The second-order valence-electron chi connectivity index (χ2n) is 5.01. The van der Waals surface area contributed by atoms with E-state index in [1.165, 1.54) is 0 Å². The molecule has 0 heterocycles. The van der Waals surface area contributed by atoms with E-state index < -0.39 is 22.5 Å². The zero-order valence-electron chi connectivity index (χ0n) is 10.2. The van der Waals surface area contributed by atoms with E-state index in [0.717, 1.165) is 0 Å². The van der Waals surface area contributed by atoms with E-state index in [1.54, 1.807) is 20.8 Å². The summed E-state index contributed by atoms with van der Waals surface area (Å²) < 4.78 is 4.99. The number of hydrogen-bond donors (Lipinski definition) is 1. The van der Waals surface area contributed by atoms with Gasteiger partial charge in [-0.25, -0.2) is 4.79 Å². The molecule has 1 aliphatic carbocycles. The summed E-state index contributed by atoms with van der Waals surface area (Å²) in [6, 6.07) is 0. The summed E-state index contributed by atoms with van der Waals surface area (Å²) in [4.78, 5) is 11.0. The molecule has 0 aromatic rings. The molecule has 3 nitrogen and oxygen atoms in total. The molecule has 0 radical (unpaired) electrons. The minimum absolute atomic E-state index is 0.00564. The Kier molecular flexibility index (Phi) is 5.02. The molecule has 1 aliphatic rings. The predicted molar refractivity (Wildman–Crippen MR) is 78.4 cm³/mol. The molecule has 2 atom stereocenters. The van der Waals surface area contributed by atoms with Gasteiger partial charge in [0.05, 0.1) is 20.1 Å². The number of ether oxygens (including phenoxy) is 1. The highest BCUT2D eigenvalue weighted by molar-refractivity contribution is 6.53. The molecule has 0 saturated carbocycles. The topological polar surface area (TPSA) is 46.5 Å². The fraction of sp³-hybridized carbons (Fsp3) is 0.545. The third-order valence-corrected chi connectivity index (χ3v) is 5.44. The van der Waals surface area contributed by atoms with E-state index in [4.69, 9.17) is 67.8 Å². The van der Waals surface area contributed by atoms with Gasteiger partial charge in [-0.15, -0.1) is 11.6 Å². The Morgan fingerprint density at radius 3 is 2.05 bits per heavy atom. The van der Waals surface area contributed by atoms with E-state index in [2.05, 4.69) is 0 Å². The zero-order chi connectivity index (χ0) is 15.2. The number of hydrogen-bond acceptors (Lipinski definition) is 2. The molecule has 0 saturated heterocycles. The van der Waals surface area contributed by atoms with Gasteiger partial charge in [-0.2, -0.15) is 0 Å². The van der Waals surface area contributed by atoms with Crippen molar-refractivity contribution in [2.75, 3.05) is 0 Å². The molecule has 8 heteroatoms. The number of halogens is 5. The van der Waals surface area contributed by atoms with Gasteiger partial charge in [0, 0.05) is 5.41 Å². The maximum Gasteiger partial charge on any atom is 0.506 e. The zero-order valence-corrected chi connectivity index (χ0v) is 14.0. The largest absolute Gasteiger partial charge is 0.506 e. The maximum atomic E-state index is 11.0. The smallest absolute Gasteiger partial charge is 0.450 e. The van der Waals surface area contributed by atoms with Crippen LogP contribution in [0, 0.1) is 5.41 Å². The standard InChI is InChI=1S/C11H11Cl5O3/c1-10(2,3)11(19-9(17)18)7(15)5(13)4(12)6(14)8(11)16/h7H,1-3H3,(H,17,18). The van der Waals surface area contributed by atoms with E-state index in [0.29, 0.717) is 0 Å². The number of carbonyl (C=O) groups is 1. The lowest BCUT2D eigenvalue weighted by Crippen LogP contribution is -2.55. The summed E-state index contributed by atoms with van der Waals surface area (Å²) in [5.41, 5.74) is -2.42. The van der Waals surface area contributed by atoms with Gasteiger partial charge in [-0.05, 0) is 0 Å². The van der Waals surface area contributed by atoms with Crippen molar-refractivity contribution in [3.8, 4) is 0 Å². The molecule has 1 rings (SSSR count). The summed E-state index contributed by atoms with van der Waals surface area (Å²) in [6.45, 7) is 5.13. The summed E-state index contributed by atoms with van der Waals surface area (Å²) >= 11 is 30.3. The molecular formula is C11H11Cl5O3. The Hall–Kier alpha value is 0.200. The Morgan fingerprint density at radius 1 is 1.21 bits per heavy atom. The Bertz CT molecular complexity index is 477. The van der Waals surface area contributed by atoms with Crippen LogP contribution in [0.5, 0.6) is 0 Å². The molecule has 0 amide bonds. The molecule has 0 aromatic heterocycles. The second-order valence-corrected chi connectivity index (χ2v) is 6.98. The Morgan fingerprint density at radius 2 is 1.68 bits per heavy atom. The lowest BCUT2D eigenvalue weighted by atomic mass is 9.72. The van der Waals surface area contributed by atoms with Gasteiger partial charge in [-0.1, -0.05) is 67.2 Å². The lowest BCUT2D eigenvalue weighted by Gasteiger charge is -2.47. The maximum absolute atomic E-state index is 11.0. The van der Waals surface area contributed by atoms with Crippen LogP contribution in [-0.4, -0.2) is 22.2 Å². The summed E-state index contributed by atoms with van der Waals surface area (Å²) in [5, 5.41) is 7.72. The highest BCUT2D eigenvalue weighted by Gasteiger charge is 2.58. The van der Waals surface area contributed by atoms with Crippen LogP contribution in [0.2, 0.25) is 0 Å². The quantitative estimate of drug-likeness (QED) is 0.493. The molecule has 0 fully saturated rings. The molecule has 0 aromatic carbocycles. The number of alkyl halides is 1. The van der Waals surface area contributed by atoms with Crippen molar-refractivity contribution in [3.63, 3.8) is 0 Å². The van der Waals surface area contributed by atoms with Crippen LogP contribution in [0.25, 0.3) is 0 Å². The normalized spacial score (nSPS) is 28.7. The van der Waals surface area contributed by atoms with Crippen LogP contribution in [0.4, 0.5) is 4.79 Å². The highest BCUT2D eigenvalue weighted by atomic mass is 35.5. The van der Waals surface area contributed by atoms with Gasteiger partial charge in [-0.3, -0.25) is 0 Å². The van der Waals surface area contributed by atoms with E-state index in [-0.39, 0.29) is 20.1 Å². The first kappa shape index (κ1) is 17.3. The minimum atomic E-state index is -1.62. The van der Waals surface area contributed by atoms with Crippen LogP contribution >= 0.6 is 58.0 Å². The molecule has 108 valence electrons. The fourth-order valence-corrected chi connectivity index (χ4v) is 3.88. The van der Waals surface area contributed by atoms with Gasteiger partial charge < -0.3 is 9.84 Å². The first-order valence-corrected chi connectivity index (χ1v) is 7.09. The first-order chi connectivity index (χ1) is 8.46. The van der Waals surface area contributed by atoms with Crippen molar-refractivity contribution in [1.29, 1.82) is 0 Å². The van der Waals surface area contributed by atoms with E-state index in [1.807, 2.05) is 0 Å². The number of carboxylic acid groups (broad SMARTS) is 1. The third kappa shape index (κ3) is 2.68. The van der Waals surface area contributed by atoms with Gasteiger partial charge in [0.15, 0.2) is 5.60 Å². The van der Waals surface area contributed by atoms with Crippen molar-refractivity contribution in [2.45, 2.75) is 31.7 Å². The summed E-state index contributed by atoms with van der Waals surface area (Å²) in [7, 11) is 0. The van der Waals surface area contributed by atoms with Crippen molar-refractivity contribution in [2.24, 2.45) is 5.41 Å². The van der Waals surface area contributed by atoms with Crippen molar-refractivity contribution >= 4 is 64.2 Å². The predicted octanol–water partition coefficient (Wildman–Crippen LogP) is 5.47.